The van der Waals surface area contributed by atoms with Gasteiger partial charge in [-0.05, 0) is 19.4 Å². The number of amides is 1. The number of halogens is 2. The minimum atomic E-state index is -0.852. The van der Waals surface area contributed by atoms with Crippen molar-refractivity contribution >= 4 is 17.3 Å². The van der Waals surface area contributed by atoms with Gasteiger partial charge in [-0.25, -0.2) is 8.78 Å². The molecule has 3 N–H and O–H groups in total. The molecular weight excluding hydrogens is 242 g/mol. The van der Waals surface area contributed by atoms with Crippen LogP contribution in [0.2, 0.25) is 0 Å². The lowest BCUT2D eigenvalue weighted by molar-refractivity contribution is -0.116. The van der Waals surface area contributed by atoms with Crippen LogP contribution < -0.4 is 11.1 Å². The molecule has 0 aromatic heterocycles. The second kappa shape index (κ2) is 6.30. The average Bonchev–Trinajstić information content (AvgIpc) is 2.33. The molecule has 1 unspecified atom stereocenters. The monoisotopic (exact) mass is 258 g/mol. The number of carbonyl (C=O) groups excluding carboxylic acids is 1. The zero-order valence-electron chi connectivity index (χ0n) is 10.3. The highest BCUT2D eigenvalue weighted by Crippen LogP contribution is 2.21. The van der Waals surface area contributed by atoms with Crippen LogP contribution >= 0.6 is 0 Å². The molecule has 6 heteroatoms. The van der Waals surface area contributed by atoms with E-state index in [-0.39, 0.29) is 29.8 Å². The van der Waals surface area contributed by atoms with E-state index in [1.165, 1.54) is 0 Å². The first-order valence-electron chi connectivity index (χ1n) is 5.51. The van der Waals surface area contributed by atoms with Gasteiger partial charge < -0.3 is 15.8 Å². The first kappa shape index (κ1) is 14.4. The molecular formula is C12H16F2N2O2. The van der Waals surface area contributed by atoms with Crippen LogP contribution in [0.15, 0.2) is 12.1 Å². The molecule has 100 valence electrons. The summed E-state index contributed by atoms with van der Waals surface area (Å²) in [4.78, 5) is 11.5. The lowest BCUT2D eigenvalue weighted by atomic mass is 10.2. The van der Waals surface area contributed by atoms with Crippen molar-refractivity contribution in [3.63, 3.8) is 0 Å². The van der Waals surface area contributed by atoms with Crippen molar-refractivity contribution in [2.24, 2.45) is 0 Å². The van der Waals surface area contributed by atoms with Crippen molar-refractivity contribution in [3.8, 4) is 0 Å². The second-order valence-electron chi connectivity index (χ2n) is 3.99. The lowest BCUT2D eigenvalue weighted by Gasteiger charge is -2.10. The highest BCUT2D eigenvalue weighted by atomic mass is 19.1. The molecule has 0 aliphatic rings. The number of nitrogen functional groups attached to an aromatic ring is 1. The summed E-state index contributed by atoms with van der Waals surface area (Å²) in [5.74, 6) is -2.07. The maximum Gasteiger partial charge on any atom is 0.224 e. The van der Waals surface area contributed by atoms with Gasteiger partial charge in [-0.3, -0.25) is 4.79 Å². The highest BCUT2D eigenvalue weighted by Gasteiger charge is 2.11. The summed E-state index contributed by atoms with van der Waals surface area (Å²) in [6, 6.07) is 1.70. The largest absolute Gasteiger partial charge is 0.396 e. The van der Waals surface area contributed by atoms with Crippen LogP contribution in [0.3, 0.4) is 0 Å². The number of benzene rings is 1. The number of anilines is 2. The number of hydrogen-bond donors (Lipinski definition) is 2. The van der Waals surface area contributed by atoms with Crippen molar-refractivity contribution in [3.05, 3.63) is 23.8 Å². The number of nitrogens with two attached hydrogens (primary N) is 1. The van der Waals surface area contributed by atoms with E-state index >= 15 is 0 Å². The molecule has 1 atom stereocenters. The molecule has 0 heterocycles. The molecule has 0 aliphatic carbocycles. The molecule has 1 rings (SSSR count). The van der Waals surface area contributed by atoms with E-state index in [1.54, 1.807) is 7.11 Å². The molecule has 1 amide bonds. The molecule has 0 fully saturated rings. The molecule has 0 radical (unpaired) electrons. The van der Waals surface area contributed by atoms with Gasteiger partial charge in [0.25, 0.3) is 0 Å². The molecule has 0 saturated carbocycles. The van der Waals surface area contributed by atoms with Gasteiger partial charge >= 0.3 is 0 Å². The van der Waals surface area contributed by atoms with Gasteiger partial charge in [0.1, 0.15) is 11.6 Å². The van der Waals surface area contributed by atoms with Crippen LogP contribution in [0, 0.1) is 11.6 Å². The zero-order valence-corrected chi connectivity index (χ0v) is 10.3. The van der Waals surface area contributed by atoms with Gasteiger partial charge in [-0.1, -0.05) is 0 Å². The van der Waals surface area contributed by atoms with Gasteiger partial charge in [0, 0.05) is 19.6 Å². The van der Waals surface area contributed by atoms with Crippen LogP contribution in [0.5, 0.6) is 0 Å². The van der Waals surface area contributed by atoms with Crippen molar-refractivity contribution in [1.82, 2.24) is 0 Å². The predicted octanol–water partition coefficient (Wildman–Crippen LogP) is 2.30. The van der Waals surface area contributed by atoms with Gasteiger partial charge in [0.15, 0.2) is 0 Å². The fourth-order valence-corrected chi connectivity index (χ4v) is 1.33. The number of carbonyl (C=O) groups is 1. The first-order valence-corrected chi connectivity index (χ1v) is 5.51. The van der Waals surface area contributed by atoms with Crippen LogP contribution in [0.1, 0.15) is 19.8 Å². The summed E-state index contributed by atoms with van der Waals surface area (Å²) in [7, 11) is 1.54. The first-order chi connectivity index (χ1) is 8.43. The number of rotatable bonds is 5. The summed E-state index contributed by atoms with van der Waals surface area (Å²) < 4.78 is 31.2. The Hall–Kier alpha value is -1.69. The van der Waals surface area contributed by atoms with E-state index in [0.717, 1.165) is 6.07 Å². The Morgan fingerprint density at radius 1 is 1.44 bits per heavy atom. The summed E-state index contributed by atoms with van der Waals surface area (Å²) >= 11 is 0. The van der Waals surface area contributed by atoms with Gasteiger partial charge in [0.05, 0.1) is 17.5 Å². The molecule has 0 spiro atoms. The average molecular weight is 258 g/mol. The summed E-state index contributed by atoms with van der Waals surface area (Å²) in [5.41, 5.74) is 4.96. The van der Waals surface area contributed by atoms with Gasteiger partial charge in [-0.2, -0.15) is 0 Å². The summed E-state index contributed by atoms with van der Waals surface area (Å²) in [6.45, 7) is 1.82. The van der Waals surface area contributed by atoms with Crippen molar-refractivity contribution in [2.75, 3.05) is 18.2 Å². The minimum Gasteiger partial charge on any atom is -0.396 e. The molecule has 0 saturated heterocycles. The predicted molar refractivity (Wildman–Crippen MR) is 65.1 cm³/mol. The van der Waals surface area contributed by atoms with Crippen molar-refractivity contribution in [2.45, 2.75) is 25.9 Å². The van der Waals surface area contributed by atoms with Crippen LogP contribution in [-0.4, -0.2) is 19.1 Å². The zero-order chi connectivity index (χ0) is 13.7. The normalized spacial score (nSPS) is 12.2. The van der Waals surface area contributed by atoms with E-state index in [4.69, 9.17) is 10.5 Å². The van der Waals surface area contributed by atoms with Crippen molar-refractivity contribution < 1.29 is 18.3 Å². The smallest absolute Gasteiger partial charge is 0.224 e. The molecule has 1 aromatic rings. The third kappa shape index (κ3) is 3.96. The maximum atomic E-state index is 13.3. The van der Waals surface area contributed by atoms with Crippen molar-refractivity contribution in [1.29, 1.82) is 0 Å². The van der Waals surface area contributed by atoms with Gasteiger partial charge in [0.2, 0.25) is 5.91 Å². The van der Waals surface area contributed by atoms with Crippen LogP contribution in [0.4, 0.5) is 20.2 Å². The summed E-state index contributed by atoms with van der Waals surface area (Å²) in [6.07, 6.45) is 0.644. The molecule has 1 aromatic carbocycles. The number of ether oxygens (including phenoxy) is 1. The molecule has 0 bridgehead atoms. The van der Waals surface area contributed by atoms with E-state index < -0.39 is 11.6 Å². The number of hydrogen-bond acceptors (Lipinski definition) is 3. The molecule has 0 aliphatic heterocycles. The Balaban J connectivity index is 2.62. The Morgan fingerprint density at radius 2 is 2.11 bits per heavy atom. The lowest BCUT2D eigenvalue weighted by Crippen LogP contribution is -2.16. The van der Waals surface area contributed by atoms with E-state index in [0.29, 0.717) is 12.5 Å². The quantitative estimate of drug-likeness (QED) is 0.796. The Bertz CT molecular complexity index is 438. The van der Waals surface area contributed by atoms with E-state index in [1.807, 2.05) is 6.92 Å². The number of nitrogens with one attached hydrogen (secondary N) is 1. The fourth-order valence-electron chi connectivity index (χ4n) is 1.33. The summed E-state index contributed by atoms with van der Waals surface area (Å²) in [5, 5.41) is 2.34. The number of methoxy groups -OCH3 is 1. The third-order valence-electron chi connectivity index (χ3n) is 2.54. The SMILES string of the molecule is COC(C)CCC(=O)Nc1cc(N)c(F)cc1F. The van der Waals surface area contributed by atoms with Crippen LogP contribution in [-0.2, 0) is 9.53 Å². The topological polar surface area (TPSA) is 64.3 Å². The second-order valence-corrected chi connectivity index (χ2v) is 3.99. The highest BCUT2D eigenvalue weighted by molar-refractivity contribution is 5.91. The molecule has 18 heavy (non-hydrogen) atoms. The van der Waals surface area contributed by atoms with Crippen LogP contribution in [0.25, 0.3) is 0 Å². The standard InChI is InChI=1S/C12H16F2N2O2/c1-7(18-2)3-4-12(17)16-11-6-10(15)8(13)5-9(11)14/h5-7H,3-4,15H2,1-2H3,(H,16,17). The third-order valence-corrected chi connectivity index (χ3v) is 2.54. The Kier molecular flexibility index (Phi) is 5.03. The maximum absolute atomic E-state index is 13.3. The van der Waals surface area contributed by atoms with E-state index in [2.05, 4.69) is 5.32 Å². The minimum absolute atomic E-state index is 0.0566. The molecule has 4 nitrogen and oxygen atoms in total. The Morgan fingerprint density at radius 3 is 2.72 bits per heavy atom. The fraction of sp³-hybridized carbons (Fsp3) is 0.417. The van der Waals surface area contributed by atoms with Gasteiger partial charge in [-0.15, -0.1) is 0 Å². The van der Waals surface area contributed by atoms with E-state index in [9.17, 15) is 13.6 Å². The Labute approximate surface area is 104 Å².